The summed E-state index contributed by atoms with van der Waals surface area (Å²) in [6.45, 7) is 1.41. The van der Waals surface area contributed by atoms with Gasteiger partial charge in [0.05, 0.1) is 24.3 Å². The lowest BCUT2D eigenvalue weighted by Gasteiger charge is -2.38. The zero-order valence-electron chi connectivity index (χ0n) is 13.6. The second-order valence-electron chi connectivity index (χ2n) is 5.90. The summed E-state index contributed by atoms with van der Waals surface area (Å²) in [5, 5.41) is 2.61. The second kappa shape index (κ2) is 7.70. The molecule has 1 saturated heterocycles. The lowest BCUT2D eigenvalue weighted by atomic mass is 10.1. The maximum Gasteiger partial charge on any atom is 0.262 e. The minimum Gasteiger partial charge on any atom is -0.379 e. The minimum atomic E-state index is -1.78. The van der Waals surface area contributed by atoms with Crippen LogP contribution in [-0.2, 0) is 9.53 Å². The largest absolute Gasteiger partial charge is 0.379 e. The highest BCUT2D eigenvalue weighted by molar-refractivity contribution is 6.68. The SMILES string of the molecule is O=C(CN1C(=O)c2ccccc2C1=O)N[C@H](N1CCOCC1)C(Cl)(Cl)Cl. The van der Waals surface area contributed by atoms with Crippen LogP contribution in [-0.4, -0.2) is 70.3 Å². The van der Waals surface area contributed by atoms with Crippen molar-refractivity contribution in [2.24, 2.45) is 0 Å². The van der Waals surface area contributed by atoms with Crippen molar-refractivity contribution in [2.75, 3.05) is 32.8 Å². The molecule has 0 aromatic heterocycles. The number of hydrogen-bond acceptors (Lipinski definition) is 5. The first-order valence-electron chi connectivity index (χ1n) is 7.92. The van der Waals surface area contributed by atoms with Gasteiger partial charge in [0.15, 0.2) is 0 Å². The Balaban J connectivity index is 1.69. The van der Waals surface area contributed by atoms with E-state index in [1.54, 1.807) is 29.2 Å². The molecule has 2 heterocycles. The van der Waals surface area contributed by atoms with Crippen molar-refractivity contribution in [1.29, 1.82) is 0 Å². The third-order valence-corrected chi connectivity index (χ3v) is 4.82. The van der Waals surface area contributed by atoms with Crippen LogP contribution >= 0.6 is 34.8 Å². The number of morpholine rings is 1. The average molecular weight is 421 g/mol. The van der Waals surface area contributed by atoms with Crippen LogP contribution in [0.5, 0.6) is 0 Å². The average Bonchev–Trinajstić information content (AvgIpc) is 2.85. The molecular formula is C16H16Cl3N3O4. The predicted octanol–water partition coefficient (Wildman–Crippen LogP) is 1.43. The number of carbonyl (C=O) groups excluding carboxylic acids is 3. The number of amides is 3. The summed E-state index contributed by atoms with van der Waals surface area (Å²) in [5.74, 6) is -1.63. The molecule has 0 spiro atoms. The molecule has 0 aliphatic carbocycles. The van der Waals surface area contributed by atoms with Crippen molar-refractivity contribution in [2.45, 2.75) is 9.96 Å². The van der Waals surface area contributed by atoms with Gasteiger partial charge in [0.1, 0.15) is 12.7 Å². The van der Waals surface area contributed by atoms with Gasteiger partial charge in [-0.25, -0.2) is 0 Å². The summed E-state index contributed by atoms with van der Waals surface area (Å²) in [5.41, 5.74) is 0.549. The van der Waals surface area contributed by atoms with Crippen LogP contribution in [0.4, 0.5) is 0 Å². The van der Waals surface area contributed by atoms with Gasteiger partial charge in [-0.1, -0.05) is 46.9 Å². The van der Waals surface area contributed by atoms with E-state index in [1.165, 1.54) is 0 Å². The molecule has 1 aromatic rings. The molecule has 0 radical (unpaired) electrons. The van der Waals surface area contributed by atoms with Gasteiger partial charge < -0.3 is 10.1 Å². The molecule has 0 bridgehead atoms. The highest BCUT2D eigenvalue weighted by Crippen LogP contribution is 2.32. The second-order valence-corrected chi connectivity index (χ2v) is 8.27. The van der Waals surface area contributed by atoms with Gasteiger partial charge in [-0.05, 0) is 12.1 Å². The van der Waals surface area contributed by atoms with Gasteiger partial charge in [0, 0.05) is 13.1 Å². The highest BCUT2D eigenvalue weighted by atomic mass is 35.6. The number of alkyl halides is 3. The molecule has 1 aromatic carbocycles. The molecule has 7 nitrogen and oxygen atoms in total. The van der Waals surface area contributed by atoms with Crippen LogP contribution in [0, 0.1) is 0 Å². The van der Waals surface area contributed by atoms with Crippen molar-refractivity contribution >= 4 is 52.5 Å². The van der Waals surface area contributed by atoms with Gasteiger partial charge >= 0.3 is 0 Å². The van der Waals surface area contributed by atoms with Gasteiger partial charge in [-0.3, -0.25) is 24.2 Å². The van der Waals surface area contributed by atoms with E-state index in [9.17, 15) is 14.4 Å². The molecule has 10 heteroatoms. The number of rotatable bonds is 4. The van der Waals surface area contributed by atoms with E-state index in [-0.39, 0.29) is 11.1 Å². The summed E-state index contributed by atoms with van der Waals surface area (Å²) < 4.78 is 3.48. The standard InChI is InChI=1S/C16H16Cl3N3O4/c17-16(18,19)15(21-5-7-26-8-6-21)20-12(23)9-22-13(24)10-3-1-2-4-11(10)14(22)25/h1-4,15H,5-9H2,(H,20,23)/t15-/m1/s1. The Morgan fingerprint density at radius 3 is 2.15 bits per heavy atom. The number of ether oxygens (including phenoxy) is 1. The first-order chi connectivity index (χ1) is 12.3. The summed E-state index contributed by atoms with van der Waals surface area (Å²) in [4.78, 5) is 39.8. The van der Waals surface area contributed by atoms with Gasteiger partial charge in [0.2, 0.25) is 9.70 Å². The van der Waals surface area contributed by atoms with Crippen LogP contribution in [0.1, 0.15) is 20.7 Å². The Morgan fingerprint density at radius 1 is 1.12 bits per heavy atom. The molecule has 3 amide bonds. The number of nitrogens with one attached hydrogen (secondary N) is 1. The number of nitrogens with zero attached hydrogens (tertiary/aromatic N) is 2. The third-order valence-electron chi connectivity index (χ3n) is 4.20. The van der Waals surface area contributed by atoms with E-state index >= 15 is 0 Å². The normalized spacial score (nSPS) is 19.4. The van der Waals surface area contributed by atoms with E-state index in [0.29, 0.717) is 26.3 Å². The Morgan fingerprint density at radius 2 is 1.65 bits per heavy atom. The van der Waals surface area contributed by atoms with E-state index < -0.39 is 34.2 Å². The number of hydrogen-bond donors (Lipinski definition) is 1. The lowest BCUT2D eigenvalue weighted by molar-refractivity contribution is -0.124. The first kappa shape index (κ1) is 19.4. The van der Waals surface area contributed by atoms with Crippen molar-refractivity contribution in [3.8, 4) is 0 Å². The maximum atomic E-state index is 12.4. The number of fused-ring (bicyclic) bond motifs is 1. The summed E-state index contributed by atoms with van der Waals surface area (Å²) >= 11 is 18.0. The van der Waals surface area contributed by atoms with Crippen molar-refractivity contribution in [3.05, 3.63) is 35.4 Å². The molecule has 140 valence electrons. The smallest absolute Gasteiger partial charge is 0.262 e. The fraction of sp³-hybridized carbons (Fsp3) is 0.438. The molecule has 0 saturated carbocycles. The van der Waals surface area contributed by atoms with Crippen molar-refractivity contribution < 1.29 is 19.1 Å². The molecule has 2 aliphatic heterocycles. The highest BCUT2D eigenvalue weighted by Gasteiger charge is 2.41. The summed E-state index contributed by atoms with van der Waals surface area (Å²) in [6.07, 6.45) is -0.904. The molecule has 1 atom stereocenters. The zero-order chi connectivity index (χ0) is 18.9. The van der Waals surface area contributed by atoms with E-state index in [4.69, 9.17) is 39.5 Å². The van der Waals surface area contributed by atoms with Crippen molar-refractivity contribution in [3.63, 3.8) is 0 Å². The minimum absolute atomic E-state index is 0.274. The molecule has 0 unspecified atom stereocenters. The van der Waals surface area contributed by atoms with Crippen LogP contribution in [0.2, 0.25) is 0 Å². The lowest BCUT2D eigenvalue weighted by Crippen LogP contribution is -2.59. The number of carbonyl (C=O) groups is 3. The molecule has 26 heavy (non-hydrogen) atoms. The Labute approximate surface area is 165 Å². The van der Waals surface area contributed by atoms with Crippen LogP contribution in [0.15, 0.2) is 24.3 Å². The predicted molar refractivity (Wildman–Crippen MR) is 96.4 cm³/mol. The molecular weight excluding hydrogens is 405 g/mol. The molecule has 3 rings (SSSR count). The third kappa shape index (κ3) is 3.97. The van der Waals surface area contributed by atoms with Crippen molar-refractivity contribution in [1.82, 2.24) is 15.1 Å². The first-order valence-corrected chi connectivity index (χ1v) is 9.05. The van der Waals surface area contributed by atoms with Crippen LogP contribution in [0.25, 0.3) is 0 Å². The van der Waals surface area contributed by atoms with Gasteiger partial charge in [-0.15, -0.1) is 0 Å². The zero-order valence-corrected chi connectivity index (χ0v) is 15.9. The van der Waals surface area contributed by atoms with E-state index in [2.05, 4.69) is 5.32 Å². The molecule has 1 N–H and O–H groups in total. The quantitative estimate of drug-likeness (QED) is 0.589. The molecule has 2 aliphatic rings. The number of imide groups is 1. The van der Waals surface area contributed by atoms with E-state index in [0.717, 1.165) is 4.90 Å². The number of halogens is 3. The van der Waals surface area contributed by atoms with E-state index in [1.807, 2.05) is 0 Å². The fourth-order valence-corrected chi connectivity index (χ4v) is 3.52. The Hall–Kier alpha value is -1.38. The van der Waals surface area contributed by atoms with Crippen LogP contribution < -0.4 is 5.32 Å². The Kier molecular flexibility index (Phi) is 5.74. The maximum absolute atomic E-state index is 12.4. The van der Waals surface area contributed by atoms with Gasteiger partial charge in [0.25, 0.3) is 11.8 Å². The molecule has 1 fully saturated rings. The fourth-order valence-electron chi connectivity index (χ4n) is 2.94. The number of benzene rings is 1. The summed E-state index contributed by atoms with van der Waals surface area (Å²) in [7, 11) is 0. The Bertz CT molecular complexity index is 697. The van der Waals surface area contributed by atoms with Crippen LogP contribution in [0.3, 0.4) is 0 Å². The van der Waals surface area contributed by atoms with Gasteiger partial charge in [-0.2, -0.15) is 0 Å². The summed E-state index contributed by atoms with van der Waals surface area (Å²) in [6, 6.07) is 6.41. The monoisotopic (exact) mass is 419 g/mol. The topological polar surface area (TPSA) is 79.0 Å².